The fourth-order valence-corrected chi connectivity index (χ4v) is 2.93. The topological polar surface area (TPSA) is 75.5 Å². The van der Waals surface area contributed by atoms with Crippen LogP contribution in [0.1, 0.15) is 21.5 Å². The number of carbonyl (C=O) groups is 1. The number of nitrogens with one attached hydrogen (secondary N) is 1. The van der Waals surface area contributed by atoms with Gasteiger partial charge in [-0.3, -0.25) is 14.9 Å². The molecule has 0 unspecified atom stereocenters. The first-order chi connectivity index (χ1) is 14.0. The molecule has 0 saturated carbocycles. The number of nitro groups is 1. The van der Waals surface area contributed by atoms with Crippen LogP contribution in [0.2, 0.25) is 0 Å². The lowest BCUT2D eigenvalue weighted by molar-refractivity contribution is -0.384. The number of nitrogens with zero attached hydrogens (tertiary/aromatic N) is 2. The fourth-order valence-electron chi connectivity index (χ4n) is 2.93. The van der Waals surface area contributed by atoms with E-state index in [0.29, 0.717) is 17.8 Å². The second-order valence-electron chi connectivity index (χ2n) is 6.58. The molecule has 0 fully saturated rings. The normalized spacial score (nSPS) is 10.4. The number of nitro benzene ring substituents is 1. The van der Waals surface area contributed by atoms with E-state index < -0.39 is 16.6 Å². The minimum Gasteiger partial charge on any atom is -0.375 e. The van der Waals surface area contributed by atoms with Crippen molar-refractivity contribution in [2.45, 2.75) is 13.1 Å². The second-order valence-corrected chi connectivity index (χ2v) is 6.58. The lowest BCUT2D eigenvalue weighted by Crippen LogP contribution is -2.26. The van der Waals surface area contributed by atoms with E-state index in [2.05, 4.69) is 5.32 Å². The monoisotopic (exact) mass is 393 g/mol. The zero-order valence-corrected chi connectivity index (χ0v) is 15.8. The van der Waals surface area contributed by atoms with Gasteiger partial charge >= 0.3 is 0 Å². The van der Waals surface area contributed by atoms with E-state index in [1.807, 2.05) is 30.3 Å². The highest BCUT2D eigenvalue weighted by Gasteiger charge is 2.20. The first-order valence-corrected chi connectivity index (χ1v) is 9.01. The molecule has 1 amide bonds. The maximum absolute atomic E-state index is 13.8. The zero-order valence-electron chi connectivity index (χ0n) is 15.8. The molecule has 0 heterocycles. The van der Waals surface area contributed by atoms with Crippen molar-refractivity contribution in [1.82, 2.24) is 4.90 Å². The lowest BCUT2D eigenvalue weighted by atomic mass is 10.1. The minimum absolute atomic E-state index is 0.0628. The quantitative estimate of drug-likeness (QED) is 0.470. The van der Waals surface area contributed by atoms with Crippen LogP contribution in [0, 0.1) is 15.9 Å². The van der Waals surface area contributed by atoms with Crippen LogP contribution >= 0.6 is 0 Å². The van der Waals surface area contributed by atoms with Crippen molar-refractivity contribution in [2.75, 3.05) is 12.4 Å². The molecular formula is C22H20FN3O3. The predicted molar refractivity (Wildman–Crippen MR) is 109 cm³/mol. The molecule has 0 aliphatic carbocycles. The molecule has 3 aromatic carbocycles. The maximum atomic E-state index is 13.8. The Labute approximate surface area is 167 Å². The summed E-state index contributed by atoms with van der Waals surface area (Å²) in [4.78, 5) is 25.0. The molecule has 0 aliphatic heterocycles. The largest absolute Gasteiger partial charge is 0.375 e. The molecule has 0 saturated heterocycles. The number of hydrogen-bond acceptors (Lipinski definition) is 4. The Morgan fingerprint density at radius 1 is 1.07 bits per heavy atom. The lowest BCUT2D eigenvalue weighted by Gasteiger charge is -2.18. The van der Waals surface area contributed by atoms with Gasteiger partial charge in [-0.05, 0) is 23.8 Å². The highest BCUT2D eigenvalue weighted by Crippen LogP contribution is 2.27. The third-order valence-electron chi connectivity index (χ3n) is 4.48. The van der Waals surface area contributed by atoms with Crippen molar-refractivity contribution in [1.29, 1.82) is 0 Å². The van der Waals surface area contributed by atoms with Crippen molar-refractivity contribution < 1.29 is 14.1 Å². The van der Waals surface area contributed by atoms with Crippen LogP contribution in [0.5, 0.6) is 0 Å². The van der Waals surface area contributed by atoms with E-state index in [4.69, 9.17) is 0 Å². The van der Waals surface area contributed by atoms with Crippen molar-refractivity contribution in [3.8, 4) is 0 Å². The van der Waals surface area contributed by atoms with Gasteiger partial charge in [0, 0.05) is 37.3 Å². The molecule has 6 nitrogen and oxygen atoms in total. The summed E-state index contributed by atoms with van der Waals surface area (Å²) in [5.74, 6) is -0.829. The first-order valence-electron chi connectivity index (χ1n) is 9.01. The maximum Gasteiger partial charge on any atom is 0.293 e. The van der Waals surface area contributed by atoms with Crippen molar-refractivity contribution >= 4 is 17.3 Å². The Morgan fingerprint density at radius 3 is 2.45 bits per heavy atom. The summed E-state index contributed by atoms with van der Waals surface area (Å²) < 4.78 is 13.8. The van der Waals surface area contributed by atoms with Crippen LogP contribution in [-0.4, -0.2) is 22.8 Å². The molecule has 3 aromatic rings. The van der Waals surface area contributed by atoms with Crippen LogP contribution in [0.25, 0.3) is 0 Å². The fraction of sp³-hybridized carbons (Fsp3) is 0.136. The van der Waals surface area contributed by atoms with Crippen molar-refractivity contribution in [3.63, 3.8) is 0 Å². The van der Waals surface area contributed by atoms with E-state index in [0.717, 1.165) is 5.56 Å². The average molecular weight is 393 g/mol. The molecule has 0 bridgehead atoms. The molecule has 29 heavy (non-hydrogen) atoms. The standard InChI is InChI=1S/C22H20FN3O3/c1-25(15-18-9-5-6-10-19(18)23)22(27)17-11-12-20(21(13-17)26(28)29)24-14-16-7-3-2-4-8-16/h2-13,24H,14-15H2,1H3. The smallest absolute Gasteiger partial charge is 0.293 e. The summed E-state index contributed by atoms with van der Waals surface area (Å²) in [6.45, 7) is 0.482. The minimum atomic E-state index is -0.527. The Balaban J connectivity index is 1.77. The summed E-state index contributed by atoms with van der Waals surface area (Å²) >= 11 is 0. The number of rotatable bonds is 7. The number of anilines is 1. The van der Waals surface area contributed by atoms with Crippen LogP contribution in [0.4, 0.5) is 15.8 Å². The summed E-state index contributed by atoms with van der Waals surface area (Å²) in [7, 11) is 1.53. The second kappa shape index (κ2) is 8.97. The van der Waals surface area contributed by atoms with Gasteiger partial charge in [0.25, 0.3) is 11.6 Å². The summed E-state index contributed by atoms with van der Waals surface area (Å²) in [6.07, 6.45) is 0. The van der Waals surface area contributed by atoms with Crippen molar-refractivity contribution in [2.24, 2.45) is 0 Å². The Bertz CT molecular complexity index is 1020. The highest BCUT2D eigenvalue weighted by atomic mass is 19.1. The first kappa shape index (κ1) is 20.0. The van der Waals surface area contributed by atoms with Gasteiger partial charge in [-0.1, -0.05) is 48.5 Å². The van der Waals surface area contributed by atoms with E-state index >= 15 is 0 Å². The third-order valence-corrected chi connectivity index (χ3v) is 4.48. The molecule has 0 aromatic heterocycles. The van der Waals surface area contributed by atoms with Gasteiger partial charge in [0.05, 0.1) is 4.92 Å². The van der Waals surface area contributed by atoms with Crippen molar-refractivity contribution in [3.05, 3.63) is 105 Å². The number of carbonyl (C=O) groups excluding carboxylic acids is 1. The van der Waals surface area contributed by atoms with Gasteiger partial charge < -0.3 is 10.2 Å². The summed E-state index contributed by atoms with van der Waals surface area (Å²) in [6, 6.07) is 20.0. The highest BCUT2D eigenvalue weighted by molar-refractivity contribution is 5.95. The molecule has 0 atom stereocenters. The molecule has 7 heteroatoms. The SMILES string of the molecule is CN(Cc1ccccc1F)C(=O)c1ccc(NCc2ccccc2)c([N+](=O)[O-])c1. The van der Waals surface area contributed by atoms with E-state index in [1.54, 1.807) is 18.2 Å². The molecule has 148 valence electrons. The Morgan fingerprint density at radius 2 is 1.76 bits per heavy atom. The molecule has 0 spiro atoms. The average Bonchev–Trinajstić information content (AvgIpc) is 2.74. The van der Waals surface area contributed by atoms with Gasteiger partial charge in [-0.2, -0.15) is 0 Å². The predicted octanol–water partition coefficient (Wildman–Crippen LogP) is 4.62. The zero-order chi connectivity index (χ0) is 20.8. The van der Waals surface area contributed by atoms with Crippen LogP contribution < -0.4 is 5.32 Å². The molecule has 0 aliphatic rings. The van der Waals surface area contributed by atoms with Crippen LogP contribution in [0.3, 0.4) is 0 Å². The Hall–Kier alpha value is -3.74. The summed E-state index contributed by atoms with van der Waals surface area (Å²) in [5, 5.41) is 14.5. The van der Waals surface area contributed by atoms with Crippen LogP contribution in [-0.2, 0) is 13.1 Å². The number of halogens is 1. The number of amides is 1. The van der Waals surface area contributed by atoms with Gasteiger partial charge in [-0.15, -0.1) is 0 Å². The Kier molecular flexibility index (Phi) is 6.19. The number of benzene rings is 3. The molecule has 3 rings (SSSR count). The third kappa shape index (κ3) is 4.95. The molecular weight excluding hydrogens is 373 g/mol. The molecule has 1 N–H and O–H groups in total. The van der Waals surface area contributed by atoms with E-state index in [1.165, 1.54) is 36.2 Å². The molecule has 0 radical (unpaired) electrons. The van der Waals surface area contributed by atoms with Crippen LogP contribution in [0.15, 0.2) is 72.8 Å². The van der Waals surface area contributed by atoms with Gasteiger partial charge in [0.15, 0.2) is 0 Å². The van der Waals surface area contributed by atoms with E-state index in [-0.39, 0.29) is 17.8 Å². The van der Waals surface area contributed by atoms with Gasteiger partial charge in [-0.25, -0.2) is 4.39 Å². The van der Waals surface area contributed by atoms with Gasteiger partial charge in [0.2, 0.25) is 0 Å². The summed E-state index contributed by atoms with van der Waals surface area (Å²) in [5.41, 5.74) is 1.66. The van der Waals surface area contributed by atoms with E-state index in [9.17, 15) is 19.3 Å². The van der Waals surface area contributed by atoms with Gasteiger partial charge in [0.1, 0.15) is 11.5 Å². The number of hydrogen-bond donors (Lipinski definition) is 1.